The molecular weight excluding hydrogens is 264 g/mol. The number of benzene rings is 1. The first-order chi connectivity index (χ1) is 10.0. The number of aliphatic carboxylic acids is 1. The monoisotopic (exact) mass is 286 g/mol. The highest BCUT2D eigenvalue weighted by molar-refractivity contribution is 5.67. The Kier molecular flexibility index (Phi) is 4.85. The lowest BCUT2D eigenvalue weighted by atomic mass is 9.84. The van der Waals surface area contributed by atoms with Gasteiger partial charge >= 0.3 is 5.97 Å². The summed E-state index contributed by atoms with van der Waals surface area (Å²) in [6.07, 6.45) is 2.43. The molecule has 1 saturated heterocycles. The summed E-state index contributed by atoms with van der Waals surface area (Å²) in [4.78, 5) is 13.2. The van der Waals surface area contributed by atoms with E-state index in [-0.39, 0.29) is 12.3 Å². The van der Waals surface area contributed by atoms with E-state index in [1.807, 2.05) is 26.0 Å². The molecule has 112 valence electrons. The Morgan fingerprint density at radius 1 is 1.57 bits per heavy atom. The molecule has 0 radical (unpaired) electrons. The summed E-state index contributed by atoms with van der Waals surface area (Å²) in [5.41, 5.74) is 2.85. The molecule has 2 atom stereocenters. The number of carbonyl (C=O) groups is 1. The first kappa shape index (κ1) is 15.4. The summed E-state index contributed by atoms with van der Waals surface area (Å²) in [7, 11) is 0. The second-order valence-corrected chi connectivity index (χ2v) is 6.03. The van der Waals surface area contributed by atoms with Crippen molar-refractivity contribution in [3.05, 3.63) is 29.3 Å². The Balaban J connectivity index is 2.09. The number of nitrogens with zero attached hydrogens (tertiary/aromatic N) is 2. The quantitative estimate of drug-likeness (QED) is 0.923. The van der Waals surface area contributed by atoms with Gasteiger partial charge in [0, 0.05) is 25.2 Å². The van der Waals surface area contributed by atoms with Crippen molar-refractivity contribution in [2.45, 2.75) is 33.1 Å². The van der Waals surface area contributed by atoms with Gasteiger partial charge in [0.25, 0.3) is 0 Å². The predicted octanol–water partition coefficient (Wildman–Crippen LogP) is 3.19. The maximum Gasteiger partial charge on any atom is 0.303 e. The van der Waals surface area contributed by atoms with Gasteiger partial charge in [-0.3, -0.25) is 4.79 Å². The molecule has 4 nitrogen and oxygen atoms in total. The summed E-state index contributed by atoms with van der Waals surface area (Å²) in [6.45, 7) is 5.89. The smallest absolute Gasteiger partial charge is 0.303 e. The maximum atomic E-state index is 10.9. The molecule has 1 aromatic carbocycles. The zero-order valence-corrected chi connectivity index (χ0v) is 12.7. The third-order valence-corrected chi connectivity index (χ3v) is 4.45. The van der Waals surface area contributed by atoms with E-state index >= 15 is 0 Å². The Labute approximate surface area is 126 Å². The third kappa shape index (κ3) is 3.75. The Morgan fingerprint density at radius 2 is 2.33 bits per heavy atom. The van der Waals surface area contributed by atoms with Crippen LogP contribution in [0, 0.1) is 30.1 Å². The molecule has 1 N–H and O–H groups in total. The van der Waals surface area contributed by atoms with E-state index in [0.29, 0.717) is 11.5 Å². The number of anilines is 1. The molecule has 0 amide bonds. The highest BCUT2D eigenvalue weighted by Crippen LogP contribution is 2.30. The van der Waals surface area contributed by atoms with Gasteiger partial charge in [-0.15, -0.1) is 0 Å². The molecule has 2 rings (SSSR count). The molecule has 1 aromatic rings. The van der Waals surface area contributed by atoms with Gasteiger partial charge in [0.15, 0.2) is 0 Å². The van der Waals surface area contributed by atoms with Crippen molar-refractivity contribution < 1.29 is 9.90 Å². The minimum absolute atomic E-state index is 0.199. The Morgan fingerprint density at radius 3 is 2.95 bits per heavy atom. The van der Waals surface area contributed by atoms with Gasteiger partial charge in [-0.05, 0) is 55.4 Å². The SMILES string of the molecule is Cc1cc(N2CCCC(C(C)CC(=O)O)C2)ccc1C#N. The zero-order valence-electron chi connectivity index (χ0n) is 12.7. The van der Waals surface area contributed by atoms with Crippen LogP contribution in [0.25, 0.3) is 0 Å². The molecule has 0 spiro atoms. The van der Waals surface area contributed by atoms with Crippen LogP contribution < -0.4 is 4.90 Å². The van der Waals surface area contributed by atoms with E-state index in [4.69, 9.17) is 10.4 Å². The van der Waals surface area contributed by atoms with E-state index in [9.17, 15) is 4.79 Å². The van der Waals surface area contributed by atoms with Gasteiger partial charge in [-0.1, -0.05) is 6.92 Å². The molecule has 1 aliphatic heterocycles. The molecule has 0 bridgehead atoms. The standard InChI is InChI=1S/C17H22N2O2/c1-12-8-16(6-5-14(12)10-18)19-7-3-4-15(11-19)13(2)9-17(20)21/h5-6,8,13,15H,3-4,7,9,11H2,1-2H3,(H,20,21). The fraction of sp³-hybridized carbons (Fsp3) is 0.529. The van der Waals surface area contributed by atoms with Crippen LogP contribution in [-0.4, -0.2) is 24.2 Å². The summed E-state index contributed by atoms with van der Waals surface area (Å²) < 4.78 is 0. The van der Waals surface area contributed by atoms with Gasteiger partial charge in [-0.25, -0.2) is 0 Å². The molecule has 21 heavy (non-hydrogen) atoms. The minimum atomic E-state index is -0.714. The fourth-order valence-electron chi connectivity index (χ4n) is 3.12. The fourth-order valence-corrected chi connectivity index (χ4v) is 3.12. The highest BCUT2D eigenvalue weighted by Gasteiger charge is 2.26. The van der Waals surface area contributed by atoms with E-state index < -0.39 is 5.97 Å². The number of nitriles is 1. The lowest BCUT2D eigenvalue weighted by Crippen LogP contribution is -2.38. The molecule has 1 aliphatic rings. The molecule has 2 unspecified atom stereocenters. The van der Waals surface area contributed by atoms with E-state index in [1.54, 1.807) is 0 Å². The molecule has 0 aliphatic carbocycles. The molecular formula is C17H22N2O2. The molecule has 1 heterocycles. The number of carboxylic acid groups (broad SMARTS) is 1. The van der Waals surface area contributed by atoms with Gasteiger partial charge in [0.2, 0.25) is 0 Å². The van der Waals surface area contributed by atoms with Crippen molar-refractivity contribution in [1.82, 2.24) is 0 Å². The first-order valence-corrected chi connectivity index (χ1v) is 7.48. The lowest BCUT2D eigenvalue weighted by Gasteiger charge is -2.37. The number of hydrogen-bond donors (Lipinski definition) is 1. The number of hydrogen-bond acceptors (Lipinski definition) is 3. The van der Waals surface area contributed by atoms with Crippen molar-refractivity contribution in [1.29, 1.82) is 5.26 Å². The summed E-state index contributed by atoms with van der Waals surface area (Å²) in [5, 5.41) is 17.9. The number of carboxylic acids is 1. The van der Waals surface area contributed by atoms with Crippen LogP contribution in [-0.2, 0) is 4.79 Å². The Bertz CT molecular complexity index is 562. The van der Waals surface area contributed by atoms with Crippen LogP contribution in [0.15, 0.2) is 18.2 Å². The normalized spacial score (nSPS) is 19.9. The van der Waals surface area contributed by atoms with E-state index in [1.165, 1.54) is 0 Å². The summed E-state index contributed by atoms with van der Waals surface area (Å²) >= 11 is 0. The van der Waals surface area contributed by atoms with E-state index in [2.05, 4.69) is 17.0 Å². The van der Waals surface area contributed by atoms with Crippen LogP contribution in [0.1, 0.15) is 37.3 Å². The maximum absolute atomic E-state index is 10.9. The zero-order chi connectivity index (χ0) is 15.4. The lowest BCUT2D eigenvalue weighted by molar-refractivity contribution is -0.138. The summed E-state index contributed by atoms with van der Waals surface area (Å²) in [6, 6.07) is 8.11. The second kappa shape index (κ2) is 6.62. The average Bonchev–Trinajstić information content (AvgIpc) is 2.46. The topological polar surface area (TPSA) is 64.3 Å². The van der Waals surface area contributed by atoms with Gasteiger partial charge in [0.05, 0.1) is 11.6 Å². The van der Waals surface area contributed by atoms with Gasteiger partial charge in [-0.2, -0.15) is 5.26 Å². The third-order valence-electron chi connectivity index (χ3n) is 4.45. The van der Waals surface area contributed by atoms with Crippen LogP contribution in [0.4, 0.5) is 5.69 Å². The number of rotatable bonds is 4. The second-order valence-electron chi connectivity index (χ2n) is 6.03. The molecule has 1 fully saturated rings. The number of piperidine rings is 1. The first-order valence-electron chi connectivity index (χ1n) is 7.48. The average molecular weight is 286 g/mol. The van der Waals surface area contributed by atoms with Crippen molar-refractivity contribution in [3.63, 3.8) is 0 Å². The van der Waals surface area contributed by atoms with Crippen molar-refractivity contribution in [2.24, 2.45) is 11.8 Å². The van der Waals surface area contributed by atoms with Crippen LogP contribution in [0.2, 0.25) is 0 Å². The molecule has 0 saturated carbocycles. The van der Waals surface area contributed by atoms with Crippen molar-refractivity contribution in [2.75, 3.05) is 18.0 Å². The highest BCUT2D eigenvalue weighted by atomic mass is 16.4. The summed E-state index contributed by atoms with van der Waals surface area (Å²) in [5.74, 6) is -0.0931. The van der Waals surface area contributed by atoms with Crippen molar-refractivity contribution in [3.8, 4) is 6.07 Å². The van der Waals surface area contributed by atoms with Crippen LogP contribution in [0.5, 0.6) is 0 Å². The van der Waals surface area contributed by atoms with Crippen molar-refractivity contribution >= 4 is 11.7 Å². The van der Waals surface area contributed by atoms with Gasteiger partial charge in [0.1, 0.15) is 0 Å². The minimum Gasteiger partial charge on any atom is -0.481 e. The molecule has 4 heteroatoms. The van der Waals surface area contributed by atoms with Gasteiger partial charge < -0.3 is 10.0 Å². The number of aryl methyl sites for hydroxylation is 1. The molecule has 0 aromatic heterocycles. The van der Waals surface area contributed by atoms with Crippen LogP contribution in [0.3, 0.4) is 0 Å². The predicted molar refractivity (Wildman–Crippen MR) is 82.2 cm³/mol. The van der Waals surface area contributed by atoms with E-state index in [0.717, 1.165) is 37.2 Å². The largest absolute Gasteiger partial charge is 0.481 e. The Hall–Kier alpha value is -2.02. The van der Waals surface area contributed by atoms with Crippen LogP contribution >= 0.6 is 0 Å².